The third kappa shape index (κ3) is 1.45. The molecule has 1 aromatic carbocycles. The van der Waals surface area contributed by atoms with Crippen LogP contribution in [0.4, 0.5) is 0 Å². The summed E-state index contributed by atoms with van der Waals surface area (Å²) >= 11 is 0. The zero-order chi connectivity index (χ0) is 14.9. The topological polar surface area (TPSA) is 53.2 Å². The summed E-state index contributed by atoms with van der Waals surface area (Å²) in [5, 5.41) is 1.11. The van der Waals surface area contributed by atoms with Crippen molar-refractivity contribution in [2.75, 3.05) is 7.05 Å². The summed E-state index contributed by atoms with van der Waals surface area (Å²) in [6.07, 6.45) is 1.61. The van der Waals surface area contributed by atoms with E-state index in [0.29, 0.717) is 0 Å². The molecule has 0 radical (unpaired) electrons. The molecule has 2 aromatic rings. The van der Waals surface area contributed by atoms with Crippen molar-refractivity contribution in [2.45, 2.75) is 32.6 Å². The van der Waals surface area contributed by atoms with Gasteiger partial charge >= 0.3 is 0 Å². The van der Waals surface area contributed by atoms with Gasteiger partial charge in [0.25, 0.3) is 0 Å². The number of hydrogen-bond donors (Lipinski definition) is 1. The molecule has 21 heavy (non-hydrogen) atoms. The quantitative estimate of drug-likeness (QED) is 0.754. The van der Waals surface area contributed by atoms with E-state index in [0.717, 1.165) is 35.0 Å². The molecule has 0 unspecified atom stereocenters. The number of aromatic amines is 1. The van der Waals surface area contributed by atoms with Gasteiger partial charge in [-0.2, -0.15) is 0 Å². The van der Waals surface area contributed by atoms with E-state index in [-0.39, 0.29) is 23.7 Å². The summed E-state index contributed by atoms with van der Waals surface area (Å²) in [7, 11) is 1.60. The first-order valence-electron chi connectivity index (χ1n) is 7.42. The SMILES string of the molecule is Cc1ccc2c3c([nH]c2c1C)CC[C@H]1C(=O)N(C)C(=O)[C@@H]31. The van der Waals surface area contributed by atoms with Gasteiger partial charge in [0.15, 0.2) is 0 Å². The van der Waals surface area contributed by atoms with E-state index in [1.165, 1.54) is 16.0 Å². The van der Waals surface area contributed by atoms with E-state index < -0.39 is 0 Å². The number of aromatic nitrogens is 1. The lowest BCUT2D eigenvalue weighted by Crippen LogP contribution is -2.25. The molecule has 1 aliphatic carbocycles. The number of aryl methyl sites for hydroxylation is 3. The number of carbonyl (C=O) groups is 2. The minimum Gasteiger partial charge on any atom is -0.358 e. The van der Waals surface area contributed by atoms with Gasteiger partial charge in [-0.15, -0.1) is 0 Å². The van der Waals surface area contributed by atoms with Gasteiger partial charge in [-0.25, -0.2) is 0 Å². The number of nitrogens with zero attached hydrogens (tertiary/aromatic N) is 1. The van der Waals surface area contributed by atoms with Crippen molar-refractivity contribution in [3.05, 3.63) is 34.5 Å². The molecule has 2 heterocycles. The van der Waals surface area contributed by atoms with E-state index in [1.54, 1.807) is 7.05 Å². The summed E-state index contributed by atoms with van der Waals surface area (Å²) in [6, 6.07) is 4.19. The number of imide groups is 1. The molecule has 1 N–H and O–H groups in total. The number of amides is 2. The summed E-state index contributed by atoms with van der Waals surface area (Å²) < 4.78 is 0. The Morgan fingerprint density at radius 1 is 1.19 bits per heavy atom. The Balaban J connectivity index is 2.01. The molecular formula is C17H18N2O2. The lowest BCUT2D eigenvalue weighted by molar-refractivity contribution is -0.137. The van der Waals surface area contributed by atoms with Crippen LogP contribution in [0.25, 0.3) is 10.9 Å². The van der Waals surface area contributed by atoms with Crippen molar-refractivity contribution in [1.82, 2.24) is 9.88 Å². The second-order valence-corrected chi connectivity index (χ2v) is 6.31. The van der Waals surface area contributed by atoms with Crippen LogP contribution in [0.1, 0.15) is 34.7 Å². The molecule has 2 amide bonds. The summed E-state index contributed by atoms with van der Waals surface area (Å²) in [4.78, 5) is 29.5. The largest absolute Gasteiger partial charge is 0.358 e. The smallest absolute Gasteiger partial charge is 0.237 e. The summed E-state index contributed by atoms with van der Waals surface area (Å²) in [5.41, 5.74) is 5.78. The summed E-state index contributed by atoms with van der Waals surface area (Å²) in [5.74, 6) is -0.531. The number of fused-ring (bicyclic) bond motifs is 5. The van der Waals surface area contributed by atoms with E-state index in [4.69, 9.17) is 0 Å². The first kappa shape index (κ1) is 12.6. The predicted octanol–water partition coefficient (Wildman–Crippen LogP) is 2.43. The first-order valence-corrected chi connectivity index (χ1v) is 7.42. The number of H-pyrrole nitrogens is 1. The first-order chi connectivity index (χ1) is 10.0. The van der Waals surface area contributed by atoms with E-state index >= 15 is 0 Å². The molecule has 0 bridgehead atoms. The minimum atomic E-state index is -0.290. The number of hydrogen-bond acceptors (Lipinski definition) is 2. The zero-order valence-electron chi connectivity index (χ0n) is 12.5. The van der Waals surface area contributed by atoms with Crippen LogP contribution >= 0.6 is 0 Å². The van der Waals surface area contributed by atoms with Gasteiger partial charge in [0.2, 0.25) is 11.8 Å². The van der Waals surface area contributed by atoms with E-state index in [9.17, 15) is 9.59 Å². The normalized spacial score (nSPS) is 24.6. The van der Waals surface area contributed by atoms with Crippen molar-refractivity contribution >= 4 is 22.7 Å². The highest BCUT2D eigenvalue weighted by atomic mass is 16.2. The second-order valence-electron chi connectivity index (χ2n) is 6.31. The number of likely N-dealkylation sites (N-methyl/N-ethyl adjacent to an activating group) is 1. The molecule has 4 heteroatoms. The predicted molar refractivity (Wildman–Crippen MR) is 80.1 cm³/mol. The number of rotatable bonds is 0. The molecule has 1 aromatic heterocycles. The Bertz CT molecular complexity index is 803. The van der Waals surface area contributed by atoms with E-state index in [1.807, 2.05) is 0 Å². The molecule has 2 aliphatic rings. The van der Waals surface area contributed by atoms with Crippen molar-refractivity contribution in [1.29, 1.82) is 0 Å². The molecule has 4 nitrogen and oxygen atoms in total. The molecule has 2 atom stereocenters. The van der Waals surface area contributed by atoms with Crippen molar-refractivity contribution in [3.8, 4) is 0 Å². The van der Waals surface area contributed by atoms with Crippen molar-refractivity contribution in [2.24, 2.45) is 5.92 Å². The fourth-order valence-electron chi connectivity index (χ4n) is 3.93. The van der Waals surface area contributed by atoms with Gasteiger partial charge in [0.05, 0.1) is 11.8 Å². The molecule has 108 valence electrons. The average Bonchev–Trinajstić information content (AvgIpc) is 2.95. The van der Waals surface area contributed by atoms with Crippen LogP contribution in [0.15, 0.2) is 12.1 Å². The molecular weight excluding hydrogens is 264 g/mol. The third-order valence-corrected chi connectivity index (χ3v) is 5.29. The standard InChI is InChI=1S/C17H18N2O2/c1-8-4-5-10-13-12(18-15(10)9(8)2)7-6-11-14(13)17(21)19(3)16(11)20/h4-5,11,14,18H,6-7H2,1-3H3/t11-,14-/m1/s1. The Labute approximate surface area is 123 Å². The molecule has 0 saturated carbocycles. The van der Waals surface area contributed by atoms with Gasteiger partial charge < -0.3 is 4.98 Å². The Hall–Kier alpha value is -2.10. The van der Waals surface area contributed by atoms with Gasteiger partial charge in [-0.3, -0.25) is 14.5 Å². The van der Waals surface area contributed by atoms with Gasteiger partial charge in [0.1, 0.15) is 0 Å². The number of benzene rings is 1. The Kier molecular flexibility index (Phi) is 2.39. The maximum Gasteiger partial charge on any atom is 0.237 e. The van der Waals surface area contributed by atoms with Gasteiger partial charge in [0, 0.05) is 23.6 Å². The lowest BCUT2D eigenvalue weighted by Gasteiger charge is -2.21. The van der Waals surface area contributed by atoms with Crippen LogP contribution in [0.5, 0.6) is 0 Å². The monoisotopic (exact) mass is 282 g/mol. The van der Waals surface area contributed by atoms with Crippen molar-refractivity contribution in [3.63, 3.8) is 0 Å². The fourth-order valence-corrected chi connectivity index (χ4v) is 3.93. The zero-order valence-corrected chi connectivity index (χ0v) is 12.5. The van der Waals surface area contributed by atoms with E-state index in [2.05, 4.69) is 31.0 Å². The Morgan fingerprint density at radius 3 is 2.71 bits per heavy atom. The highest BCUT2D eigenvalue weighted by Gasteiger charge is 2.50. The third-order valence-electron chi connectivity index (χ3n) is 5.29. The Morgan fingerprint density at radius 2 is 1.95 bits per heavy atom. The highest BCUT2D eigenvalue weighted by molar-refractivity contribution is 6.10. The van der Waals surface area contributed by atoms with Crippen LogP contribution in [0.3, 0.4) is 0 Å². The number of likely N-dealkylation sites (tertiary alicyclic amines) is 1. The molecule has 0 spiro atoms. The maximum absolute atomic E-state index is 12.5. The molecule has 1 fully saturated rings. The molecule has 1 saturated heterocycles. The van der Waals surface area contributed by atoms with Crippen LogP contribution in [0, 0.1) is 19.8 Å². The van der Waals surface area contributed by atoms with Crippen LogP contribution in [0.2, 0.25) is 0 Å². The van der Waals surface area contributed by atoms with Crippen LogP contribution in [-0.2, 0) is 16.0 Å². The average molecular weight is 282 g/mol. The molecule has 4 rings (SSSR count). The van der Waals surface area contributed by atoms with Crippen LogP contribution in [-0.4, -0.2) is 28.7 Å². The van der Waals surface area contributed by atoms with Crippen molar-refractivity contribution < 1.29 is 9.59 Å². The van der Waals surface area contributed by atoms with Gasteiger partial charge in [-0.05, 0) is 43.4 Å². The highest BCUT2D eigenvalue weighted by Crippen LogP contribution is 2.46. The number of nitrogens with one attached hydrogen (secondary N) is 1. The fraction of sp³-hybridized carbons (Fsp3) is 0.412. The second kappa shape index (κ2) is 3.97. The van der Waals surface area contributed by atoms with Gasteiger partial charge in [-0.1, -0.05) is 12.1 Å². The molecule has 1 aliphatic heterocycles. The maximum atomic E-state index is 12.5. The summed E-state index contributed by atoms with van der Waals surface area (Å²) in [6.45, 7) is 4.19. The lowest BCUT2D eigenvalue weighted by atomic mass is 9.78. The number of carbonyl (C=O) groups excluding carboxylic acids is 2. The minimum absolute atomic E-state index is 0.0196. The van der Waals surface area contributed by atoms with Crippen LogP contribution < -0.4 is 0 Å².